The van der Waals surface area contributed by atoms with Crippen molar-refractivity contribution >= 4 is 11.6 Å². The number of ketones is 1. The Balaban J connectivity index is 2.30. The average molecular weight is 230 g/mol. The van der Waals surface area contributed by atoms with Crippen LogP contribution in [0.15, 0.2) is 36.4 Å². The van der Waals surface area contributed by atoms with Crippen molar-refractivity contribution in [1.82, 2.24) is 4.98 Å². The van der Waals surface area contributed by atoms with Crippen LogP contribution in [-0.2, 0) is 0 Å². The van der Waals surface area contributed by atoms with Gasteiger partial charge in [0.2, 0.25) is 5.78 Å². The Morgan fingerprint density at radius 2 is 1.82 bits per heavy atom. The molecule has 0 saturated carbocycles. The Labute approximate surface area is 97.2 Å². The zero-order valence-electron chi connectivity index (χ0n) is 9.14. The third kappa shape index (κ3) is 2.23. The van der Waals surface area contributed by atoms with Crippen molar-refractivity contribution < 1.29 is 9.72 Å². The number of aryl methyl sites for hydroxylation is 1. The highest BCUT2D eigenvalue weighted by Crippen LogP contribution is 2.14. The van der Waals surface area contributed by atoms with Crippen LogP contribution in [0.25, 0.3) is 0 Å². The number of hydrogen-bond acceptors (Lipinski definition) is 3. The van der Waals surface area contributed by atoms with Gasteiger partial charge in [0.1, 0.15) is 0 Å². The van der Waals surface area contributed by atoms with Crippen LogP contribution in [0.1, 0.15) is 21.6 Å². The standard InChI is InChI=1S/C12H10N2O3/c1-8-2-4-9(5-3-8)12(15)10-6-7-11(13-10)14(16)17/h2-7,13H,1H3. The van der Waals surface area contributed by atoms with Gasteiger partial charge in [0.15, 0.2) is 5.69 Å². The van der Waals surface area contributed by atoms with E-state index in [0.717, 1.165) is 5.56 Å². The van der Waals surface area contributed by atoms with E-state index in [9.17, 15) is 14.9 Å². The second-order valence-electron chi connectivity index (χ2n) is 3.71. The molecule has 86 valence electrons. The second-order valence-corrected chi connectivity index (χ2v) is 3.71. The molecule has 0 spiro atoms. The normalized spacial score (nSPS) is 10.2. The zero-order chi connectivity index (χ0) is 12.4. The monoisotopic (exact) mass is 230 g/mol. The van der Waals surface area contributed by atoms with Crippen LogP contribution in [0.5, 0.6) is 0 Å². The number of carbonyl (C=O) groups is 1. The van der Waals surface area contributed by atoms with E-state index >= 15 is 0 Å². The molecule has 0 radical (unpaired) electrons. The average Bonchev–Trinajstić information content (AvgIpc) is 2.78. The summed E-state index contributed by atoms with van der Waals surface area (Å²) >= 11 is 0. The van der Waals surface area contributed by atoms with E-state index < -0.39 is 4.92 Å². The van der Waals surface area contributed by atoms with E-state index in [1.807, 2.05) is 19.1 Å². The summed E-state index contributed by atoms with van der Waals surface area (Å²) in [5, 5.41) is 10.5. The number of hydrogen-bond donors (Lipinski definition) is 1. The number of nitro groups is 1. The quantitative estimate of drug-likeness (QED) is 0.500. The SMILES string of the molecule is Cc1ccc(C(=O)c2ccc([N+](=O)[O-])[nH]2)cc1. The van der Waals surface area contributed by atoms with Crippen molar-refractivity contribution in [2.45, 2.75) is 6.92 Å². The summed E-state index contributed by atoms with van der Waals surface area (Å²) < 4.78 is 0. The number of nitrogens with zero attached hydrogens (tertiary/aromatic N) is 1. The molecule has 0 fully saturated rings. The second kappa shape index (κ2) is 4.21. The van der Waals surface area contributed by atoms with E-state index in [1.165, 1.54) is 12.1 Å². The van der Waals surface area contributed by atoms with Crippen molar-refractivity contribution in [3.05, 3.63) is 63.3 Å². The maximum atomic E-state index is 11.9. The molecule has 2 aromatic rings. The minimum Gasteiger partial charge on any atom is -0.358 e. The van der Waals surface area contributed by atoms with Crippen LogP contribution in [-0.4, -0.2) is 15.7 Å². The molecule has 0 aliphatic heterocycles. The smallest absolute Gasteiger partial charge is 0.321 e. The first-order valence-electron chi connectivity index (χ1n) is 5.02. The number of benzene rings is 1. The molecule has 1 heterocycles. The molecule has 2 rings (SSSR count). The summed E-state index contributed by atoms with van der Waals surface area (Å²) in [7, 11) is 0. The minimum absolute atomic E-state index is 0.180. The van der Waals surface area contributed by atoms with Gasteiger partial charge >= 0.3 is 5.82 Å². The van der Waals surface area contributed by atoms with E-state index in [2.05, 4.69) is 4.98 Å². The van der Waals surface area contributed by atoms with Crippen molar-refractivity contribution in [2.24, 2.45) is 0 Å². The van der Waals surface area contributed by atoms with Gasteiger partial charge in [-0.3, -0.25) is 4.79 Å². The number of aromatic amines is 1. The lowest BCUT2D eigenvalue weighted by atomic mass is 10.1. The maximum absolute atomic E-state index is 11.9. The van der Waals surface area contributed by atoms with Gasteiger partial charge < -0.3 is 10.1 Å². The number of H-pyrrole nitrogens is 1. The third-order valence-electron chi connectivity index (χ3n) is 2.43. The van der Waals surface area contributed by atoms with Crippen molar-refractivity contribution in [2.75, 3.05) is 0 Å². The van der Waals surface area contributed by atoms with Crippen LogP contribution >= 0.6 is 0 Å². The van der Waals surface area contributed by atoms with Crippen molar-refractivity contribution in [1.29, 1.82) is 0 Å². The first kappa shape index (κ1) is 11.1. The maximum Gasteiger partial charge on any atom is 0.321 e. The van der Waals surface area contributed by atoms with Gasteiger partial charge in [-0.15, -0.1) is 0 Å². The van der Waals surface area contributed by atoms with Crippen LogP contribution in [0.2, 0.25) is 0 Å². The largest absolute Gasteiger partial charge is 0.358 e. The molecular formula is C12H10N2O3. The predicted octanol–water partition coefficient (Wildman–Crippen LogP) is 2.46. The van der Waals surface area contributed by atoms with E-state index in [0.29, 0.717) is 5.56 Å². The van der Waals surface area contributed by atoms with Gasteiger partial charge in [0.05, 0.1) is 0 Å². The molecule has 0 saturated heterocycles. The summed E-state index contributed by atoms with van der Waals surface area (Å²) in [4.78, 5) is 24.3. The molecule has 0 aliphatic rings. The lowest BCUT2D eigenvalue weighted by Crippen LogP contribution is -2.01. The van der Waals surface area contributed by atoms with Crippen LogP contribution in [0.4, 0.5) is 5.82 Å². The summed E-state index contributed by atoms with van der Waals surface area (Å²) in [6, 6.07) is 9.74. The Bertz CT molecular complexity index is 570. The number of aromatic nitrogens is 1. The van der Waals surface area contributed by atoms with Crippen molar-refractivity contribution in [3.8, 4) is 0 Å². The molecular weight excluding hydrogens is 220 g/mol. The lowest BCUT2D eigenvalue weighted by molar-refractivity contribution is -0.389. The fraction of sp³-hybridized carbons (Fsp3) is 0.0833. The molecule has 0 unspecified atom stereocenters. The highest BCUT2D eigenvalue weighted by Gasteiger charge is 2.16. The third-order valence-corrected chi connectivity index (χ3v) is 2.43. The summed E-state index contributed by atoms with van der Waals surface area (Å²) in [5.74, 6) is -0.432. The molecule has 1 N–H and O–H groups in total. The Hall–Kier alpha value is -2.43. The van der Waals surface area contributed by atoms with E-state index in [4.69, 9.17) is 0 Å². The number of rotatable bonds is 3. The van der Waals surface area contributed by atoms with Crippen LogP contribution in [0.3, 0.4) is 0 Å². The highest BCUT2D eigenvalue weighted by molar-refractivity contribution is 6.08. The van der Waals surface area contributed by atoms with Crippen LogP contribution < -0.4 is 0 Å². The zero-order valence-corrected chi connectivity index (χ0v) is 9.14. The van der Waals surface area contributed by atoms with Gasteiger partial charge in [0, 0.05) is 11.6 Å². The summed E-state index contributed by atoms with van der Waals surface area (Å²) in [6.07, 6.45) is 0. The first-order valence-corrected chi connectivity index (χ1v) is 5.02. The fourth-order valence-corrected chi connectivity index (χ4v) is 1.48. The molecule has 1 aromatic carbocycles. The molecule has 0 aliphatic carbocycles. The van der Waals surface area contributed by atoms with Gasteiger partial charge in [-0.1, -0.05) is 29.8 Å². The Kier molecular flexibility index (Phi) is 2.74. The number of nitrogens with one attached hydrogen (secondary N) is 1. The molecule has 17 heavy (non-hydrogen) atoms. The van der Waals surface area contributed by atoms with Gasteiger partial charge in [-0.25, -0.2) is 4.98 Å². The molecule has 1 aromatic heterocycles. The van der Waals surface area contributed by atoms with Crippen molar-refractivity contribution in [3.63, 3.8) is 0 Å². The topological polar surface area (TPSA) is 76.0 Å². The molecule has 5 nitrogen and oxygen atoms in total. The molecule has 5 heteroatoms. The van der Waals surface area contributed by atoms with Crippen LogP contribution in [0, 0.1) is 17.0 Å². The van der Waals surface area contributed by atoms with Gasteiger partial charge in [-0.2, -0.15) is 0 Å². The van der Waals surface area contributed by atoms with Gasteiger partial charge in [-0.05, 0) is 17.9 Å². The van der Waals surface area contributed by atoms with E-state index in [1.54, 1.807) is 12.1 Å². The Morgan fingerprint density at radius 3 is 2.35 bits per heavy atom. The van der Waals surface area contributed by atoms with E-state index in [-0.39, 0.29) is 17.3 Å². The fourth-order valence-electron chi connectivity index (χ4n) is 1.48. The van der Waals surface area contributed by atoms with Gasteiger partial charge in [0.25, 0.3) is 0 Å². The minimum atomic E-state index is -0.564. The first-order chi connectivity index (χ1) is 8.08. The molecule has 0 bridgehead atoms. The molecule has 0 amide bonds. The summed E-state index contributed by atoms with van der Waals surface area (Å²) in [5.41, 5.74) is 1.78. The molecule has 0 atom stereocenters. The summed E-state index contributed by atoms with van der Waals surface area (Å²) in [6.45, 7) is 1.92. The number of carbonyl (C=O) groups excluding carboxylic acids is 1. The Morgan fingerprint density at radius 1 is 1.18 bits per heavy atom. The predicted molar refractivity (Wildman–Crippen MR) is 62.1 cm³/mol. The highest BCUT2D eigenvalue weighted by atomic mass is 16.6. The lowest BCUT2D eigenvalue weighted by Gasteiger charge is -1.97.